The van der Waals surface area contributed by atoms with Gasteiger partial charge in [0.2, 0.25) is 5.91 Å². The van der Waals surface area contributed by atoms with E-state index >= 15 is 0 Å². The summed E-state index contributed by atoms with van der Waals surface area (Å²) >= 11 is 7.63. The van der Waals surface area contributed by atoms with E-state index < -0.39 is 0 Å². The fraction of sp³-hybridized carbons (Fsp3) is 0.375. The molecule has 1 fully saturated rings. The first-order valence-corrected chi connectivity index (χ1v) is 12.3. The maximum absolute atomic E-state index is 12.9. The number of amides is 1. The minimum absolute atomic E-state index is 0.0460. The Morgan fingerprint density at radius 1 is 1.18 bits per heavy atom. The summed E-state index contributed by atoms with van der Waals surface area (Å²) in [5.41, 5.74) is 4.16. The zero-order valence-electron chi connectivity index (χ0n) is 18.8. The van der Waals surface area contributed by atoms with Crippen LogP contribution < -0.4 is 5.32 Å². The summed E-state index contributed by atoms with van der Waals surface area (Å²) in [7, 11) is 0. The number of carbonyl (C=O) groups is 1. The number of rotatable bonds is 8. The number of morpholine rings is 1. The van der Waals surface area contributed by atoms with Crippen molar-refractivity contribution >= 4 is 29.3 Å². The van der Waals surface area contributed by atoms with Crippen molar-refractivity contribution < 1.29 is 9.53 Å². The van der Waals surface area contributed by atoms with Gasteiger partial charge in [0.1, 0.15) is 6.33 Å². The molecular formula is C24H28ClN5O2S. The maximum atomic E-state index is 12.9. The molecule has 1 aliphatic rings. The van der Waals surface area contributed by atoms with Gasteiger partial charge in [0, 0.05) is 24.7 Å². The monoisotopic (exact) mass is 485 g/mol. The number of nitrogens with zero attached hydrogens (tertiary/aromatic N) is 4. The molecule has 0 aliphatic carbocycles. The minimum atomic E-state index is -0.0921. The first-order valence-electron chi connectivity index (χ1n) is 10.9. The van der Waals surface area contributed by atoms with E-state index in [4.69, 9.17) is 16.3 Å². The lowest BCUT2D eigenvalue weighted by atomic mass is 10.0. The molecule has 1 aromatic heterocycles. The topological polar surface area (TPSA) is 72.3 Å². The Kier molecular flexibility index (Phi) is 8.03. The van der Waals surface area contributed by atoms with Crippen LogP contribution in [0.25, 0.3) is 5.69 Å². The third-order valence-electron chi connectivity index (χ3n) is 5.64. The molecule has 174 valence electrons. The normalized spacial score (nSPS) is 15.4. The van der Waals surface area contributed by atoms with E-state index in [0.717, 1.165) is 49.7 Å². The molecule has 2 aromatic carbocycles. The standard InChI is InChI=1S/C24H28ClN5O2S/c1-17-3-6-19(7-4-17)22(14-29-9-11-32-12-10-29)27-23(31)15-33-24-28-26-16-30(24)20-8-5-18(2)21(25)13-20/h3-8,13,16,22H,9-12,14-15H2,1-2H3,(H,27,31)/t22-/m0/s1. The molecular weight excluding hydrogens is 458 g/mol. The number of ether oxygens (including phenoxy) is 1. The summed E-state index contributed by atoms with van der Waals surface area (Å²) in [4.78, 5) is 15.3. The van der Waals surface area contributed by atoms with Crippen molar-refractivity contribution in [1.82, 2.24) is 25.0 Å². The van der Waals surface area contributed by atoms with Crippen LogP contribution in [0.5, 0.6) is 0 Å². The van der Waals surface area contributed by atoms with Crippen LogP contribution in [0, 0.1) is 13.8 Å². The van der Waals surface area contributed by atoms with Gasteiger partial charge in [0.05, 0.1) is 30.7 Å². The van der Waals surface area contributed by atoms with E-state index in [1.807, 2.05) is 29.7 Å². The zero-order valence-corrected chi connectivity index (χ0v) is 20.4. The van der Waals surface area contributed by atoms with Gasteiger partial charge in [-0.3, -0.25) is 14.3 Å². The van der Waals surface area contributed by atoms with Crippen molar-refractivity contribution in [3.8, 4) is 5.69 Å². The van der Waals surface area contributed by atoms with E-state index in [2.05, 4.69) is 51.6 Å². The molecule has 1 saturated heterocycles. The lowest BCUT2D eigenvalue weighted by molar-refractivity contribution is -0.119. The minimum Gasteiger partial charge on any atom is -0.379 e. The predicted octanol–water partition coefficient (Wildman–Crippen LogP) is 3.82. The SMILES string of the molecule is Cc1ccc([C@H](CN2CCOCC2)NC(=O)CSc2nncn2-c2ccc(C)c(Cl)c2)cc1. The van der Waals surface area contributed by atoms with Crippen LogP contribution in [0.4, 0.5) is 0 Å². The van der Waals surface area contributed by atoms with Gasteiger partial charge in [-0.05, 0) is 37.1 Å². The lowest BCUT2D eigenvalue weighted by Crippen LogP contribution is -2.43. The Labute approximate surface area is 203 Å². The van der Waals surface area contributed by atoms with Crippen LogP contribution in [-0.4, -0.2) is 64.2 Å². The highest BCUT2D eigenvalue weighted by atomic mass is 35.5. The number of aromatic nitrogens is 3. The molecule has 0 radical (unpaired) electrons. The summed E-state index contributed by atoms with van der Waals surface area (Å²) in [6, 6.07) is 14.0. The molecule has 1 atom stereocenters. The molecule has 1 aliphatic heterocycles. The Hall–Kier alpha value is -2.39. The highest BCUT2D eigenvalue weighted by Crippen LogP contribution is 2.24. The van der Waals surface area contributed by atoms with Crippen LogP contribution in [-0.2, 0) is 9.53 Å². The van der Waals surface area contributed by atoms with Gasteiger partial charge in [-0.1, -0.05) is 59.3 Å². The van der Waals surface area contributed by atoms with E-state index in [1.165, 1.54) is 17.3 Å². The number of halogens is 1. The number of thioether (sulfide) groups is 1. The Bertz CT molecular complexity index is 1080. The molecule has 1 amide bonds. The second kappa shape index (κ2) is 11.2. The number of carbonyl (C=O) groups excluding carboxylic acids is 1. The molecule has 4 rings (SSSR count). The summed E-state index contributed by atoms with van der Waals surface area (Å²) in [6.45, 7) is 7.96. The zero-order chi connectivity index (χ0) is 23.2. The molecule has 0 bridgehead atoms. The van der Waals surface area contributed by atoms with E-state index in [1.54, 1.807) is 6.33 Å². The predicted molar refractivity (Wildman–Crippen MR) is 131 cm³/mol. The number of aryl methyl sites for hydroxylation is 2. The van der Waals surface area contributed by atoms with E-state index in [9.17, 15) is 4.79 Å². The van der Waals surface area contributed by atoms with Crippen molar-refractivity contribution in [2.45, 2.75) is 25.0 Å². The third-order valence-corrected chi connectivity index (χ3v) is 6.99. The van der Waals surface area contributed by atoms with Gasteiger partial charge in [-0.15, -0.1) is 10.2 Å². The first-order chi connectivity index (χ1) is 16.0. The average molecular weight is 486 g/mol. The summed E-state index contributed by atoms with van der Waals surface area (Å²) in [6.07, 6.45) is 1.63. The third kappa shape index (κ3) is 6.35. The fourth-order valence-corrected chi connectivity index (χ4v) is 4.59. The van der Waals surface area contributed by atoms with Crippen LogP contribution >= 0.6 is 23.4 Å². The van der Waals surface area contributed by atoms with Crippen molar-refractivity contribution in [3.05, 3.63) is 70.5 Å². The maximum Gasteiger partial charge on any atom is 0.231 e. The van der Waals surface area contributed by atoms with Gasteiger partial charge >= 0.3 is 0 Å². The Morgan fingerprint density at radius 3 is 2.67 bits per heavy atom. The Balaban J connectivity index is 1.42. The van der Waals surface area contributed by atoms with Gasteiger partial charge in [-0.25, -0.2) is 0 Å². The summed E-state index contributed by atoms with van der Waals surface area (Å²) < 4.78 is 7.31. The van der Waals surface area contributed by atoms with Crippen molar-refractivity contribution in [1.29, 1.82) is 0 Å². The second-order valence-electron chi connectivity index (χ2n) is 8.15. The van der Waals surface area contributed by atoms with Gasteiger partial charge < -0.3 is 10.1 Å². The molecule has 7 nitrogen and oxygen atoms in total. The molecule has 0 saturated carbocycles. The number of hydrogen-bond acceptors (Lipinski definition) is 6. The molecule has 2 heterocycles. The number of nitrogens with one attached hydrogen (secondary N) is 1. The largest absolute Gasteiger partial charge is 0.379 e. The van der Waals surface area contributed by atoms with Crippen LogP contribution in [0.15, 0.2) is 53.9 Å². The van der Waals surface area contributed by atoms with Crippen LogP contribution in [0.1, 0.15) is 22.7 Å². The number of benzene rings is 2. The average Bonchev–Trinajstić information content (AvgIpc) is 3.29. The molecule has 33 heavy (non-hydrogen) atoms. The van der Waals surface area contributed by atoms with E-state index in [-0.39, 0.29) is 17.7 Å². The lowest BCUT2D eigenvalue weighted by Gasteiger charge is -2.31. The highest BCUT2D eigenvalue weighted by molar-refractivity contribution is 7.99. The molecule has 3 aromatic rings. The molecule has 0 unspecified atom stereocenters. The van der Waals surface area contributed by atoms with Crippen molar-refractivity contribution in [2.75, 3.05) is 38.6 Å². The second-order valence-corrected chi connectivity index (χ2v) is 9.50. The smallest absolute Gasteiger partial charge is 0.231 e. The first kappa shape index (κ1) is 23.8. The number of hydrogen-bond donors (Lipinski definition) is 1. The van der Waals surface area contributed by atoms with E-state index in [0.29, 0.717) is 10.2 Å². The molecule has 0 spiro atoms. The molecule has 9 heteroatoms. The van der Waals surface area contributed by atoms with Crippen molar-refractivity contribution in [2.24, 2.45) is 0 Å². The quantitative estimate of drug-likeness (QED) is 0.489. The highest BCUT2D eigenvalue weighted by Gasteiger charge is 2.21. The summed E-state index contributed by atoms with van der Waals surface area (Å²) in [5.74, 6) is 0.194. The van der Waals surface area contributed by atoms with Gasteiger partial charge in [0.25, 0.3) is 0 Å². The van der Waals surface area contributed by atoms with Crippen LogP contribution in [0.2, 0.25) is 5.02 Å². The van der Waals surface area contributed by atoms with Gasteiger partial charge in [-0.2, -0.15) is 0 Å². The fourth-order valence-electron chi connectivity index (χ4n) is 3.67. The van der Waals surface area contributed by atoms with Gasteiger partial charge in [0.15, 0.2) is 5.16 Å². The summed E-state index contributed by atoms with van der Waals surface area (Å²) in [5, 5.41) is 12.8. The van der Waals surface area contributed by atoms with Crippen LogP contribution in [0.3, 0.4) is 0 Å². The molecule has 1 N–H and O–H groups in total. The van der Waals surface area contributed by atoms with Crippen molar-refractivity contribution in [3.63, 3.8) is 0 Å². The Morgan fingerprint density at radius 2 is 1.94 bits per heavy atom.